The molecule has 0 saturated carbocycles. The summed E-state index contributed by atoms with van der Waals surface area (Å²) in [5, 5.41) is 0. The normalized spacial score (nSPS) is 9.75. The van der Waals surface area contributed by atoms with Crippen LogP contribution in [0.25, 0.3) is 0 Å². The van der Waals surface area contributed by atoms with E-state index in [1.807, 2.05) is 0 Å². The molecule has 0 aliphatic rings. The van der Waals surface area contributed by atoms with E-state index in [0.29, 0.717) is 5.92 Å². The largest absolute Gasteiger partial charge is 3.00 e. The van der Waals surface area contributed by atoms with E-state index < -0.39 is 0 Å². The summed E-state index contributed by atoms with van der Waals surface area (Å²) in [6.07, 6.45) is 0. The van der Waals surface area contributed by atoms with E-state index >= 15 is 0 Å². The monoisotopic (exact) mass is 236 g/mol. The standard InChI is InChI=1S/C11H15.Y/c1-8(2)11-6-9(3)5-10(4)7-11;/h6-8H,1-4H3;/q-1;+3. The summed E-state index contributed by atoms with van der Waals surface area (Å²) in [5.74, 6) is 0.627. The van der Waals surface area contributed by atoms with Gasteiger partial charge in [-0.2, -0.15) is 34.9 Å². The molecule has 0 N–H and O–H groups in total. The minimum absolute atomic E-state index is 0. The molecule has 0 aromatic heterocycles. The van der Waals surface area contributed by atoms with Crippen molar-refractivity contribution in [1.82, 2.24) is 0 Å². The Labute approximate surface area is 101 Å². The zero-order valence-corrected chi connectivity index (χ0v) is 11.1. The zero-order chi connectivity index (χ0) is 8.43. The predicted octanol–water partition coefficient (Wildman–Crippen LogP) is 3.22. The maximum absolute atomic E-state index is 3.27. The van der Waals surface area contributed by atoms with Crippen molar-refractivity contribution >= 4 is 0 Å². The molecule has 0 aliphatic heterocycles. The summed E-state index contributed by atoms with van der Waals surface area (Å²) >= 11 is 0. The summed E-state index contributed by atoms with van der Waals surface area (Å²) in [7, 11) is 0. The van der Waals surface area contributed by atoms with Crippen molar-refractivity contribution in [2.24, 2.45) is 0 Å². The van der Waals surface area contributed by atoms with Crippen molar-refractivity contribution in [3.63, 3.8) is 0 Å². The van der Waals surface area contributed by atoms with Gasteiger partial charge < -0.3 is 0 Å². The molecule has 0 fully saturated rings. The Bertz CT molecular complexity index is 231. The summed E-state index contributed by atoms with van der Waals surface area (Å²) in [5.41, 5.74) is 3.90. The molecule has 1 rings (SSSR count). The minimum Gasteiger partial charge on any atom is -0.177 e. The van der Waals surface area contributed by atoms with E-state index in [1.165, 1.54) is 16.7 Å². The average Bonchev–Trinajstić information content (AvgIpc) is 1.85. The summed E-state index contributed by atoms with van der Waals surface area (Å²) in [4.78, 5) is 0. The molecule has 0 unspecified atom stereocenters. The topological polar surface area (TPSA) is 0 Å². The maximum Gasteiger partial charge on any atom is 3.00 e. The Morgan fingerprint density at radius 2 is 1.50 bits per heavy atom. The first-order valence-electron chi connectivity index (χ1n) is 4.10. The summed E-state index contributed by atoms with van der Waals surface area (Å²) in [6.45, 7) is 8.63. The molecule has 0 heterocycles. The average molecular weight is 236 g/mol. The van der Waals surface area contributed by atoms with Crippen LogP contribution < -0.4 is 0 Å². The number of hydrogen-bond donors (Lipinski definition) is 0. The Hall–Kier alpha value is 0.324. The molecule has 0 aliphatic carbocycles. The third-order valence-electron chi connectivity index (χ3n) is 1.83. The van der Waals surface area contributed by atoms with Crippen LogP contribution in [0.2, 0.25) is 0 Å². The Morgan fingerprint density at radius 1 is 1.08 bits per heavy atom. The number of rotatable bonds is 1. The molecular formula is C11H15Y+2. The second-order valence-electron chi connectivity index (χ2n) is 3.43. The third-order valence-corrected chi connectivity index (χ3v) is 1.83. The first-order valence-corrected chi connectivity index (χ1v) is 4.10. The van der Waals surface area contributed by atoms with Crippen LogP contribution >= 0.6 is 0 Å². The van der Waals surface area contributed by atoms with E-state index in [1.54, 1.807) is 0 Å². The molecule has 0 saturated heterocycles. The smallest absolute Gasteiger partial charge is 0.177 e. The van der Waals surface area contributed by atoms with Gasteiger partial charge in [0, 0.05) is 0 Å². The fourth-order valence-electron chi connectivity index (χ4n) is 1.26. The van der Waals surface area contributed by atoms with Gasteiger partial charge in [-0.1, -0.05) is 27.7 Å². The van der Waals surface area contributed by atoms with Crippen molar-refractivity contribution in [3.8, 4) is 0 Å². The van der Waals surface area contributed by atoms with Gasteiger partial charge in [-0.3, -0.25) is 0 Å². The van der Waals surface area contributed by atoms with Crippen LogP contribution in [0.4, 0.5) is 0 Å². The fraction of sp³-hybridized carbons (Fsp3) is 0.455. The van der Waals surface area contributed by atoms with Crippen LogP contribution in [0.1, 0.15) is 36.5 Å². The van der Waals surface area contributed by atoms with Crippen molar-refractivity contribution in [2.75, 3.05) is 0 Å². The van der Waals surface area contributed by atoms with E-state index in [2.05, 4.69) is 45.9 Å². The summed E-state index contributed by atoms with van der Waals surface area (Å²) < 4.78 is 0. The molecule has 12 heavy (non-hydrogen) atoms. The third kappa shape index (κ3) is 3.37. The zero-order valence-electron chi connectivity index (χ0n) is 8.31. The van der Waals surface area contributed by atoms with Crippen molar-refractivity contribution in [3.05, 3.63) is 34.9 Å². The Kier molecular flexibility index (Phi) is 5.28. The van der Waals surface area contributed by atoms with Gasteiger partial charge in [0.2, 0.25) is 0 Å². The van der Waals surface area contributed by atoms with Gasteiger partial charge in [0.1, 0.15) is 0 Å². The van der Waals surface area contributed by atoms with Crippen LogP contribution in [0, 0.1) is 19.9 Å². The molecular weight excluding hydrogens is 221 g/mol. The second kappa shape index (κ2) is 5.14. The fourth-order valence-corrected chi connectivity index (χ4v) is 1.26. The molecule has 1 aromatic carbocycles. The number of hydrogen-bond acceptors (Lipinski definition) is 0. The first-order chi connectivity index (χ1) is 5.09. The molecule has 0 amide bonds. The molecule has 0 spiro atoms. The van der Waals surface area contributed by atoms with Gasteiger partial charge >= 0.3 is 32.7 Å². The van der Waals surface area contributed by atoms with Crippen molar-refractivity contribution in [1.29, 1.82) is 0 Å². The Balaban J connectivity index is 0.00000121. The van der Waals surface area contributed by atoms with Crippen molar-refractivity contribution in [2.45, 2.75) is 33.6 Å². The van der Waals surface area contributed by atoms with E-state index in [4.69, 9.17) is 0 Å². The molecule has 0 atom stereocenters. The molecule has 1 aromatic rings. The number of aryl methyl sites for hydroxylation is 2. The minimum atomic E-state index is 0. The first kappa shape index (κ1) is 12.3. The van der Waals surface area contributed by atoms with Crippen LogP contribution in [0.15, 0.2) is 12.1 Å². The molecule has 60 valence electrons. The van der Waals surface area contributed by atoms with Crippen LogP contribution in [0.5, 0.6) is 0 Å². The van der Waals surface area contributed by atoms with E-state index in [9.17, 15) is 0 Å². The van der Waals surface area contributed by atoms with Gasteiger partial charge in [-0.15, -0.1) is 0 Å². The van der Waals surface area contributed by atoms with Crippen molar-refractivity contribution < 1.29 is 32.7 Å². The maximum atomic E-state index is 3.27. The molecule has 0 bridgehead atoms. The Morgan fingerprint density at radius 3 is 1.83 bits per heavy atom. The van der Waals surface area contributed by atoms with Gasteiger partial charge in [0.25, 0.3) is 0 Å². The van der Waals surface area contributed by atoms with Gasteiger partial charge in [-0.05, 0) is 5.92 Å². The molecule has 1 heteroatoms. The molecule has 0 nitrogen and oxygen atoms in total. The van der Waals surface area contributed by atoms with E-state index in [0.717, 1.165) is 0 Å². The van der Waals surface area contributed by atoms with Gasteiger partial charge in [-0.25, -0.2) is 0 Å². The number of benzene rings is 1. The van der Waals surface area contributed by atoms with Crippen LogP contribution in [0.3, 0.4) is 0 Å². The van der Waals surface area contributed by atoms with Gasteiger partial charge in [0.05, 0.1) is 0 Å². The summed E-state index contributed by atoms with van der Waals surface area (Å²) in [6, 6.07) is 7.68. The van der Waals surface area contributed by atoms with E-state index in [-0.39, 0.29) is 32.7 Å². The SMILES string of the molecule is Cc1[c-]c(C)cc(C(C)C)c1.[Y+3]. The van der Waals surface area contributed by atoms with Gasteiger partial charge in [0.15, 0.2) is 0 Å². The van der Waals surface area contributed by atoms with Crippen LogP contribution in [-0.4, -0.2) is 0 Å². The second-order valence-corrected chi connectivity index (χ2v) is 3.43. The molecule has 0 radical (unpaired) electrons. The quantitative estimate of drug-likeness (QED) is 0.657. The van der Waals surface area contributed by atoms with Crippen LogP contribution in [-0.2, 0) is 32.7 Å². The predicted molar refractivity (Wildman–Crippen MR) is 48.8 cm³/mol.